The number of carboxylic acids is 1. The highest BCUT2D eigenvalue weighted by Gasteiger charge is 2.50. The van der Waals surface area contributed by atoms with Crippen LogP contribution in [0.15, 0.2) is 24.3 Å². The zero-order chi connectivity index (χ0) is 10.2. The lowest BCUT2D eigenvalue weighted by Gasteiger charge is -2.13. The van der Waals surface area contributed by atoms with Crippen molar-refractivity contribution in [1.29, 1.82) is 0 Å². The summed E-state index contributed by atoms with van der Waals surface area (Å²) in [4.78, 5) is 10.8. The lowest BCUT2D eigenvalue weighted by Crippen LogP contribution is -2.31. The molecule has 0 radical (unpaired) electrons. The van der Waals surface area contributed by atoms with Gasteiger partial charge in [0.15, 0.2) is 0 Å². The van der Waals surface area contributed by atoms with Gasteiger partial charge >= 0.3 is 5.97 Å². The second-order valence-electron chi connectivity index (χ2n) is 3.52. The molecule has 2 N–H and O–H groups in total. The Morgan fingerprint density at radius 3 is 2.71 bits per heavy atom. The normalized spacial score (nSPS) is 17.5. The molecule has 0 aromatic heterocycles. The lowest BCUT2D eigenvalue weighted by atomic mass is 10.2. The second kappa shape index (κ2) is 2.97. The molecule has 2 rings (SSSR count). The van der Waals surface area contributed by atoms with Crippen LogP contribution >= 0.6 is 0 Å². The van der Waals surface area contributed by atoms with E-state index < -0.39 is 11.5 Å². The summed E-state index contributed by atoms with van der Waals surface area (Å²) in [5.74, 6) is -1.24. The zero-order valence-electron chi connectivity index (χ0n) is 7.46. The zero-order valence-corrected chi connectivity index (χ0v) is 7.46. The minimum absolute atomic E-state index is 0.365. The van der Waals surface area contributed by atoms with E-state index in [2.05, 4.69) is 5.32 Å². The highest BCUT2D eigenvalue weighted by Crippen LogP contribution is 2.39. The maximum absolute atomic E-state index is 12.8. The SMILES string of the molecule is O=C(O)C1(Nc2cccc(F)c2)CC1. The predicted octanol–water partition coefficient (Wildman–Crippen LogP) is 1.85. The van der Waals surface area contributed by atoms with Crippen molar-refractivity contribution in [3.05, 3.63) is 30.1 Å². The highest BCUT2D eigenvalue weighted by atomic mass is 19.1. The number of aliphatic carboxylic acids is 1. The Bertz CT molecular complexity index is 374. The van der Waals surface area contributed by atoms with Gasteiger partial charge < -0.3 is 10.4 Å². The fraction of sp³-hybridized carbons (Fsp3) is 0.300. The molecule has 0 unspecified atom stereocenters. The Morgan fingerprint density at radius 2 is 2.21 bits per heavy atom. The van der Waals surface area contributed by atoms with Crippen LogP contribution < -0.4 is 5.32 Å². The van der Waals surface area contributed by atoms with Crippen LogP contribution in [-0.2, 0) is 4.79 Å². The molecular weight excluding hydrogens is 185 g/mol. The van der Waals surface area contributed by atoms with Gasteiger partial charge in [-0.25, -0.2) is 9.18 Å². The van der Waals surface area contributed by atoms with E-state index >= 15 is 0 Å². The molecule has 0 bridgehead atoms. The van der Waals surface area contributed by atoms with E-state index in [0.29, 0.717) is 18.5 Å². The number of carbonyl (C=O) groups is 1. The largest absolute Gasteiger partial charge is 0.480 e. The van der Waals surface area contributed by atoms with Crippen molar-refractivity contribution in [2.24, 2.45) is 0 Å². The van der Waals surface area contributed by atoms with E-state index in [1.54, 1.807) is 12.1 Å². The van der Waals surface area contributed by atoms with E-state index in [1.165, 1.54) is 12.1 Å². The maximum atomic E-state index is 12.8. The quantitative estimate of drug-likeness (QED) is 0.773. The van der Waals surface area contributed by atoms with Gasteiger partial charge in [-0.3, -0.25) is 0 Å². The van der Waals surface area contributed by atoms with Crippen molar-refractivity contribution in [2.75, 3.05) is 5.32 Å². The third-order valence-electron chi connectivity index (χ3n) is 2.37. The summed E-state index contributed by atoms with van der Waals surface area (Å²) in [6.07, 6.45) is 1.19. The molecule has 4 heteroatoms. The summed E-state index contributed by atoms with van der Waals surface area (Å²) in [5, 5.41) is 11.7. The van der Waals surface area contributed by atoms with Gasteiger partial charge in [-0.05, 0) is 31.0 Å². The number of hydrogen-bond donors (Lipinski definition) is 2. The first-order chi connectivity index (χ1) is 6.62. The molecule has 0 aliphatic heterocycles. The Balaban J connectivity index is 2.15. The molecule has 0 atom stereocenters. The summed E-state index contributed by atoms with van der Waals surface area (Å²) >= 11 is 0. The summed E-state index contributed by atoms with van der Waals surface area (Å²) in [5.41, 5.74) is -0.335. The third kappa shape index (κ3) is 1.55. The van der Waals surface area contributed by atoms with Crippen molar-refractivity contribution < 1.29 is 14.3 Å². The molecule has 1 saturated carbocycles. The molecule has 1 aliphatic carbocycles. The Labute approximate surface area is 80.6 Å². The van der Waals surface area contributed by atoms with Crippen LogP contribution in [-0.4, -0.2) is 16.6 Å². The molecule has 1 aliphatic rings. The maximum Gasteiger partial charge on any atom is 0.329 e. The Morgan fingerprint density at radius 1 is 1.50 bits per heavy atom. The fourth-order valence-corrected chi connectivity index (χ4v) is 1.36. The van der Waals surface area contributed by atoms with Crippen molar-refractivity contribution in [3.63, 3.8) is 0 Å². The first-order valence-corrected chi connectivity index (χ1v) is 4.40. The van der Waals surface area contributed by atoms with Crippen LogP contribution in [0.3, 0.4) is 0 Å². The van der Waals surface area contributed by atoms with Gasteiger partial charge in [0.25, 0.3) is 0 Å². The van der Waals surface area contributed by atoms with Gasteiger partial charge in [0, 0.05) is 5.69 Å². The molecule has 0 amide bonds. The molecule has 1 aromatic rings. The number of carboxylic acid groups (broad SMARTS) is 1. The van der Waals surface area contributed by atoms with Gasteiger partial charge in [-0.1, -0.05) is 6.07 Å². The summed E-state index contributed by atoms with van der Waals surface area (Å²) in [6, 6.07) is 5.83. The average molecular weight is 195 g/mol. The molecular formula is C10H10FNO2. The van der Waals surface area contributed by atoms with Crippen LogP contribution in [0.5, 0.6) is 0 Å². The minimum atomic E-state index is -0.873. The second-order valence-corrected chi connectivity index (χ2v) is 3.52. The standard InChI is InChI=1S/C10H10FNO2/c11-7-2-1-3-8(6-7)12-10(4-5-10)9(13)14/h1-3,6,12H,4-5H2,(H,13,14). The number of rotatable bonds is 3. The molecule has 14 heavy (non-hydrogen) atoms. The summed E-state index contributed by atoms with van der Waals surface area (Å²) in [6.45, 7) is 0. The van der Waals surface area contributed by atoms with Gasteiger partial charge in [0.05, 0.1) is 0 Å². The smallest absolute Gasteiger partial charge is 0.329 e. The van der Waals surface area contributed by atoms with Gasteiger partial charge in [-0.2, -0.15) is 0 Å². The third-order valence-corrected chi connectivity index (χ3v) is 2.37. The molecule has 74 valence electrons. The van der Waals surface area contributed by atoms with E-state index in [1.807, 2.05) is 0 Å². The van der Waals surface area contributed by atoms with Crippen molar-refractivity contribution >= 4 is 11.7 Å². The molecule has 0 spiro atoms. The monoisotopic (exact) mass is 195 g/mol. The van der Waals surface area contributed by atoms with Gasteiger partial charge in [0.1, 0.15) is 11.4 Å². The minimum Gasteiger partial charge on any atom is -0.480 e. The van der Waals surface area contributed by atoms with E-state index in [4.69, 9.17) is 5.11 Å². The van der Waals surface area contributed by atoms with E-state index in [-0.39, 0.29) is 5.82 Å². The molecule has 1 aromatic carbocycles. The average Bonchev–Trinajstić information content (AvgIpc) is 2.85. The lowest BCUT2D eigenvalue weighted by molar-refractivity contribution is -0.138. The molecule has 0 heterocycles. The van der Waals surface area contributed by atoms with E-state index in [9.17, 15) is 9.18 Å². The van der Waals surface area contributed by atoms with Gasteiger partial charge in [0.2, 0.25) is 0 Å². The van der Waals surface area contributed by atoms with Crippen LogP contribution in [0.4, 0.5) is 10.1 Å². The Kier molecular flexibility index (Phi) is 1.91. The number of halogens is 1. The van der Waals surface area contributed by atoms with Crippen molar-refractivity contribution in [1.82, 2.24) is 0 Å². The number of nitrogens with one attached hydrogen (secondary N) is 1. The van der Waals surface area contributed by atoms with Crippen LogP contribution in [0.25, 0.3) is 0 Å². The fourth-order valence-electron chi connectivity index (χ4n) is 1.36. The first-order valence-electron chi connectivity index (χ1n) is 4.40. The molecule has 1 fully saturated rings. The number of anilines is 1. The number of benzene rings is 1. The number of hydrogen-bond acceptors (Lipinski definition) is 2. The van der Waals surface area contributed by atoms with Crippen LogP contribution in [0, 0.1) is 5.82 Å². The summed E-state index contributed by atoms with van der Waals surface area (Å²) < 4.78 is 12.8. The summed E-state index contributed by atoms with van der Waals surface area (Å²) in [7, 11) is 0. The topological polar surface area (TPSA) is 49.3 Å². The molecule has 0 saturated heterocycles. The first kappa shape index (κ1) is 8.99. The predicted molar refractivity (Wildman–Crippen MR) is 49.6 cm³/mol. The highest BCUT2D eigenvalue weighted by molar-refractivity contribution is 5.86. The van der Waals surface area contributed by atoms with Crippen molar-refractivity contribution in [3.8, 4) is 0 Å². The van der Waals surface area contributed by atoms with E-state index in [0.717, 1.165) is 0 Å². The van der Waals surface area contributed by atoms with Gasteiger partial charge in [-0.15, -0.1) is 0 Å². The van der Waals surface area contributed by atoms with Crippen LogP contribution in [0.1, 0.15) is 12.8 Å². The van der Waals surface area contributed by atoms with Crippen LogP contribution in [0.2, 0.25) is 0 Å². The molecule has 3 nitrogen and oxygen atoms in total. The van der Waals surface area contributed by atoms with Crippen molar-refractivity contribution in [2.45, 2.75) is 18.4 Å². The Hall–Kier alpha value is -1.58.